The number of carbonyl (C=O) groups is 1. The number of para-hydroxylation sites is 1. The summed E-state index contributed by atoms with van der Waals surface area (Å²) in [6.45, 7) is 0. The molecule has 1 aromatic carbocycles. The van der Waals surface area contributed by atoms with E-state index in [-0.39, 0.29) is 18.1 Å². The molecule has 0 saturated heterocycles. The van der Waals surface area contributed by atoms with Gasteiger partial charge in [-0.05, 0) is 31.4 Å². The second kappa shape index (κ2) is 6.04. The highest BCUT2D eigenvalue weighted by atomic mass is 16.3. The lowest BCUT2D eigenvalue weighted by Crippen LogP contribution is -2.25. The number of hydrogen-bond donors (Lipinski definition) is 2. The van der Waals surface area contributed by atoms with E-state index in [0.29, 0.717) is 5.56 Å². The standard InChI is InChI=1S/C19H22N4O2/c1-22-15-6-4-3-5-14(15)19(25)23(2)17-11-20-18(10-16(17)22)21-12-7-8-13(24)9-12/h3-6,10-13,24H,7-9H2,1-2H3,(H,20,21)/t12-,13-/m1/s1. The van der Waals surface area contributed by atoms with Gasteiger partial charge in [-0.1, -0.05) is 12.1 Å². The second-order valence-electron chi connectivity index (χ2n) is 6.81. The highest BCUT2D eigenvalue weighted by Gasteiger charge is 2.28. The van der Waals surface area contributed by atoms with Gasteiger partial charge in [0, 0.05) is 26.2 Å². The number of benzene rings is 1. The number of aliphatic hydroxyl groups is 1. The van der Waals surface area contributed by atoms with E-state index in [1.54, 1.807) is 18.1 Å². The Bertz CT molecular complexity index is 823. The van der Waals surface area contributed by atoms with Gasteiger partial charge in [-0.15, -0.1) is 0 Å². The summed E-state index contributed by atoms with van der Waals surface area (Å²) in [5, 5.41) is 13.1. The average Bonchev–Trinajstić information content (AvgIpc) is 3.01. The fraction of sp³-hybridized carbons (Fsp3) is 0.368. The third-order valence-corrected chi connectivity index (χ3v) is 5.14. The Morgan fingerprint density at radius 3 is 2.68 bits per heavy atom. The zero-order chi connectivity index (χ0) is 17.6. The van der Waals surface area contributed by atoms with Gasteiger partial charge in [0.1, 0.15) is 5.82 Å². The van der Waals surface area contributed by atoms with Crippen molar-refractivity contribution in [2.45, 2.75) is 31.4 Å². The smallest absolute Gasteiger partial charge is 0.260 e. The van der Waals surface area contributed by atoms with Gasteiger partial charge in [-0.25, -0.2) is 4.98 Å². The molecule has 1 fully saturated rings. The van der Waals surface area contributed by atoms with Crippen LogP contribution < -0.4 is 15.1 Å². The number of aliphatic hydroxyl groups excluding tert-OH is 1. The normalized spacial score (nSPS) is 22.4. The van der Waals surface area contributed by atoms with Gasteiger partial charge in [0.15, 0.2) is 0 Å². The molecule has 0 spiro atoms. The molecule has 1 aromatic heterocycles. The molecule has 0 radical (unpaired) electrons. The SMILES string of the molecule is CN1C(=O)c2ccccc2N(C)c2cc(N[C@@H]3CC[C@@H](O)C3)ncc21. The molecule has 2 heterocycles. The quantitative estimate of drug-likeness (QED) is 0.881. The van der Waals surface area contributed by atoms with Gasteiger partial charge in [-0.3, -0.25) is 4.79 Å². The van der Waals surface area contributed by atoms with Crippen LogP contribution in [0.1, 0.15) is 29.6 Å². The first-order valence-electron chi connectivity index (χ1n) is 8.60. The molecule has 130 valence electrons. The van der Waals surface area contributed by atoms with Gasteiger partial charge < -0.3 is 20.2 Å². The largest absolute Gasteiger partial charge is 0.393 e. The van der Waals surface area contributed by atoms with Crippen molar-refractivity contribution in [1.82, 2.24) is 4.98 Å². The first kappa shape index (κ1) is 15.9. The van der Waals surface area contributed by atoms with E-state index < -0.39 is 0 Å². The van der Waals surface area contributed by atoms with Crippen molar-refractivity contribution in [1.29, 1.82) is 0 Å². The second-order valence-corrected chi connectivity index (χ2v) is 6.81. The maximum absolute atomic E-state index is 12.8. The Kier molecular flexibility index (Phi) is 3.84. The molecule has 1 saturated carbocycles. The lowest BCUT2D eigenvalue weighted by molar-refractivity contribution is 0.0994. The van der Waals surface area contributed by atoms with E-state index in [1.807, 2.05) is 42.3 Å². The van der Waals surface area contributed by atoms with Crippen LogP contribution in [0.3, 0.4) is 0 Å². The summed E-state index contributed by atoms with van der Waals surface area (Å²) in [6, 6.07) is 9.84. The van der Waals surface area contributed by atoms with Crippen molar-refractivity contribution in [2.75, 3.05) is 29.2 Å². The zero-order valence-electron chi connectivity index (χ0n) is 14.4. The Morgan fingerprint density at radius 2 is 1.92 bits per heavy atom. The summed E-state index contributed by atoms with van der Waals surface area (Å²) in [6.07, 6.45) is 4.03. The molecule has 0 unspecified atom stereocenters. The van der Waals surface area contributed by atoms with Gasteiger partial charge in [0.25, 0.3) is 5.91 Å². The number of fused-ring (bicyclic) bond motifs is 2. The fourth-order valence-electron chi connectivity index (χ4n) is 3.71. The number of nitrogens with one attached hydrogen (secondary N) is 1. The minimum Gasteiger partial charge on any atom is -0.393 e. The molecule has 25 heavy (non-hydrogen) atoms. The van der Waals surface area contributed by atoms with Crippen LogP contribution in [0.2, 0.25) is 0 Å². The summed E-state index contributed by atoms with van der Waals surface area (Å²) >= 11 is 0. The lowest BCUT2D eigenvalue weighted by atomic mass is 10.1. The minimum absolute atomic E-state index is 0.0392. The fourth-order valence-corrected chi connectivity index (χ4v) is 3.71. The number of nitrogens with zero attached hydrogens (tertiary/aromatic N) is 3. The predicted octanol–water partition coefficient (Wildman–Crippen LogP) is 2.76. The van der Waals surface area contributed by atoms with Gasteiger partial charge >= 0.3 is 0 Å². The van der Waals surface area contributed by atoms with Crippen LogP contribution in [0.25, 0.3) is 0 Å². The molecule has 1 amide bonds. The predicted molar refractivity (Wildman–Crippen MR) is 98.7 cm³/mol. The van der Waals surface area contributed by atoms with Crippen LogP contribution in [0.5, 0.6) is 0 Å². The number of aromatic nitrogens is 1. The third-order valence-electron chi connectivity index (χ3n) is 5.14. The molecule has 1 aliphatic heterocycles. The van der Waals surface area contributed by atoms with Gasteiger partial charge in [-0.2, -0.15) is 0 Å². The number of carbonyl (C=O) groups excluding carboxylic acids is 1. The van der Waals surface area contributed by atoms with Crippen LogP contribution in [0.4, 0.5) is 22.9 Å². The molecule has 2 atom stereocenters. The Morgan fingerprint density at radius 1 is 1.12 bits per heavy atom. The molecule has 2 N–H and O–H groups in total. The average molecular weight is 338 g/mol. The first-order chi connectivity index (χ1) is 12.0. The molecule has 2 aromatic rings. The molecular formula is C19H22N4O2. The van der Waals surface area contributed by atoms with E-state index in [2.05, 4.69) is 10.3 Å². The van der Waals surface area contributed by atoms with Crippen LogP contribution in [0, 0.1) is 0 Å². The van der Waals surface area contributed by atoms with Crippen molar-refractivity contribution in [3.63, 3.8) is 0 Å². The van der Waals surface area contributed by atoms with Gasteiger partial charge in [0.2, 0.25) is 0 Å². The summed E-state index contributed by atoms with van der Waals surface area (Å²) in [5.74, 6) is 0.729. The van der Waals surface area contributed by atoms with Crippen molar-refractivity contribution >= 4 is 28.8 Å². The van der Waals surface area contributed by atoms with Crippen molar-refractivity contribution < 1.29 is 9.90 Å². The van der Waals surface area contributed by atoms with E-state index in [0.717, 1.165) is 42.1 Å². The topological polar surface area (TPSA) is 68.7 Å². The zero-order valence-corrected chi connectivity index (χ0v) is 14.4. The maximum atomic E-state index is 12.8. The highest BCUT2D eigenvalue weighted by Crippen LogP contribution is 2.39. The van der Waals surface area contributed by atoms with Crippen LogP contribution in [0.15, 0.2) is 36.5 Å². The number of hydrogen-bond acceptors (Lipinski definition) is 5. The van der Waals surface area contributed by atoms with E-state index in [1.165, 1.54) is 0 Å². The Balaban J connectivity index is 1.73. The molecular weight excluding hydrogens is 316 g/mol. The molecule has 2 aliphatic rings. The summed E-state index contributed by atoms with van der Waals surface area (Å²) in [7, 11) is 3.74. The number of pyridine rings is 1. The van der Waals surface area contributed by atoms with E-state index in [9.17, 15) is 9.90 Å². The van der Waals surface area contributed by atoms with Crippen molar-refractivity contribution in [3.8, 4) is 0 Å². The Hall–Kier alpha value is -2.60. The summed E-state index contributed by atoms with van der Waals surface area (Å²) in [5.41, 5.74) is 3.27. The number of rotatable bonds is 2. The summed E-state index contributed by atoms with van der Waals surface area (Å²) < 4.78 is 0. The molecule has 6 nitrogen and oxygen atoms in total. The molecule has 1 aliphatic carbocycles. The van der Waals surface area contributed by atoms with Crippen molar-refractivity contribution in [3.05, 3.63) is 42.1 Å². The van der Waals surface area contributed by atoms with Crippen LogP contribution in [-0.2, 0) is 0 Å². The highest BCUT2D eigenvalue weighted by molar-refractivity contribution is 6.13. The summed E-state index contributed by atoms with van der Waals surface area (Å²) in [4.78, 5) is 20.9. The lowest BCUT2D eigenvalue weighted by Gasteiger charge is -2.23. The third kappa shape index (κ3) is 2.72. The van der Waals surface area contributed by atoms with Gasteiger partial charge in [0.05, 0.1) is 34.9 Å². The first-order valence-corrected chi connectivity index (χ1v) is 8.60. The number of anilines is 4. The molecule has 4 rings (SSSR count). The van der Waals surface area contributed by atoms with E-state index >= 15 is 0 Å². The molecule has 0 bridgehead atoms. The Labute approximate surface area is 147 Å². The van der Waals surface area contributed by atoms with Crippen LogP contribution >= 0.6 is 0 Å². The molecule has 6 heteroatoms. The van der Waals surface area contributed by atoms with Crippen LogP contribution in [-0.4, -0.2) is 42.2 Å². The van der Waals surface area contributed by atoms with Crippen molar-refractivity contribution in [2.24, 2.45) is 0 Å². The maximum Gasteiger partial charge on any atom is 0.260 e. The minimum atomic E-state index is -0.225. The monoisotopic (exact) mass is 338 g/mol. The van der Waals surface area contributed by atoms with E-state index in [4.69, 9.17) is 0 Å². The number of amides is 1.